The molecule has 2 aromatic carbocycles. The monoisotopic (exact) mass is 375 g/mol. The van der Waals surface area contributed by atoms with Gasteiger partial charge in [-0.1, -0.05) is 31.5 Å². The average molecular weight is 376 g/mol. The van der Waals surface area contributed by atoms with Crippen molar-refractivity contribution in [3.05, 3.63) is 58.9 Å². The summed E-state index contributed by atoms with van der Waals surface area (Å²) < 4.78 is 4.79. The molecule has 0 aliphatic rings. The molecule has 0 aliphatic heterocycles. The largest absolute Gasteiger partial charge is 0.287 e. The molecule has 27 heavy (non-hydrogen) atoms. The van der Waals surface area contributed by atoms with Crippen LogP contribution in [0.3, 0.4) is 0 Å². The van der Waals surface area contributed by atoms with Crippen molar-refractivity contribution < 1.29 is 4.57 Å². The van der Waals surface area contributed by atoms with Gasteiger partial charge in [-0.2, -0.15) is 0 Å². The summed E-state index contributed by atoms with van der Waals surface area (Å²) in [5, 5.41) is 1.27. The van der Waals surface area contributed by atoms with Gasteiger partial charge in [0.2, 0.25) is 5.52 Å². The fourth-order valence-corrected chi connectivity index (χ4v) is 5.29. The molecule has 0 spiro atoms. The van der Waals surface area contributed by atoms with E-state index in [0.29, 0.717) is 5.92 Å². The number of aryl methyl sites for hydroxylation is 3. The topological polar surface area (TPSA) is 16.8 Å². The maximum Gasteiger partial charge on any atom is 0.287 e. The van der Waals surface area contributed by atoms with Gasteiger partial charge in [-0.05, 0) is 73.0 Å². The van der Waals surface area contributed by atoms with Crippen molar-refractivity contribution in [1.82, 2.24) is 4.98 Å². The number of aromatic nitrogens is 2. The highest BCUT2D eigenvalue weighted by Gasteiger charge is 2.22. The van der Waals surface area contributed by atoms with Gasteiger partial charge in [0.05, 0.1) is 7.05 Å². The van der Waals surface area contributed by atoms with E-state index in [2.05, 4.69) is 76.6 Å². The third-order valence-electron chi connectivity index (χ3n) is 5.37. The minimum Gasteiger partial charge on any atom is -0.231 e. The van der Waals surface area contributed by atoms with Gasteiger partial charge in [0, 0.05) is 15.6 Å². The molecular formula is C24H27N2S+. The molecule has 2 heterocycles. The smallest absolute Gasteiger partial charge is 0.231 e. The van der Waals surface area contributed by atoms with E-state index >= 15 is 0 Å². The van der Waals surface area contributed by atoms with Gasteiger partial charge in [-0.3, -0.25) is 0 Å². The summed E-state index contributed by atoms with van der Waals surface area (Å²) in [5.74, 6) is 0.668. The molecule has 138 valence electrons. The standard InChI is InChI=1S/C24H27N2S/c1-14(2)9-18-7-8-19-21(12-18)27-24-22(19)25-13-26(6)23(24)20-11-15(3)10-16(4)17(20)5/h7-8,10-14H,9H2,1-6H3/q+1. The summed E-state index contributed by atoms with van der Waals surface area (Å²) >= 11 is 1.88. The van der Waals surface area contributed by atoms with Crippen LogP contribution in [0.2, 0.25) is 0 Å². The molecule has 0 fully saturated rings. The zero-order valence-corrected chi connectivity index (χ0v) is 17.9. The average Bonchev–Trinajstić information content (AvgIpc) is 2.95. The van der Waals surface area contributed by atoms with Crippen LogP contribution in [-0.4, -0.2) is 4.98 Å². The van der Waals surface area contributed by atoms with Crippen LogP contribution in [0.25, 0.3) is 31.6 Å². The number of fused-ring (bicyclic) bond motifs is 3. The summed E-state index contributed by atoms with van der Waals surface area (Å²) in [6.45, 7) is 11.2. The van der Waals surface area contributed by atoms with Crippen molar-refractivity contribution in [2.45, 2.75) is 41.0 Å². The summed E-state index contributed by atoms with van der Waals surface area (Å²) in [4.78, 5) is 4.79. The first kappa shape index (κ1) is 18.1. The van der Waals surface area contributed by atoms with Gasteiger partial charge >= 0.3 is 0 Å². The van der Waals surface area contributed by atoms with Crippen molar-refractivity contribution in [1.29, 1.82) is 0 Å². The first-order valence-corrected chi connectivity index (χ1v) is 10.4. The van der Waals surface area contributed by atoms with Crippen molar-refractivity contribution in [3.8, 4) is 11.3 Å². The molecule has 0 radical (unpaired) electrons. The zero-order valence-electron chi connectivity index (χ0n) is 17.1. The fraction of sp³-hybridized carbons (Fsp3) is 0.333. The van der Waals surface area contributed by atoms with Gasteiger partial charge in [0.1, 0.15) is 4.70 Å². The van der Waals surface area contributed by atoms with E-state index in [1.165, 1.54) is 48.3 Å². The Morgan fingerprint density at radius 1 is 1.07 bits per heavy atom. The molecule has 0 unspecified atom stereocenters. The van der Waals surface area contributed by atoms with Crippen molar-refractivity contribution >= 4 is 31.6 Å². The van der Waals surface area contributed by atoms with E-state index in [0.717, 1.165) is 11.9 Å². The van der Waals surface area contributed by atoms with Gasteiger partial charge < -0.3 is 0 Å². The minimum atomic E-state index is 0.668. The number of benzene rings is 2. The number of thiophene rings is 1. The van der Waals surface area contributed by atoms with E-state index in [1.807, 2.05) is 17.7 Å². The summed E-state index contributed by atoms with van der Waals surface area (Å²) in [5.41, 5.74) is 9.12. The molecule has 0 saturated carbocycles. The Balaban J connectivity index is 2.02. The van der Waals surface area contributed by atoms with Crippen LogP contribution in [0.5, 0.6) is 0 Å². The van der Waals surface area contributed by atoms with Crippen molar-refractivity contribution in [2.24, 2.45) is 13.0 Å². The maximum absolute atomic E-state index is 4.79. The first-order chi connectivity index (χ1) is 12.8. The molecule has 3 heteroatoms. The van der Waals surface area contributed by atoms with E-state index in [9.17, 15) is 0 Å². The second-order valence-electron chi connectivity index (χ2n) is 8.17. The van der Waals surface area contributed by atoms with Crippen LogP contribution in [0.15, 0.2) is 36.7 Å². The van der Waals surface area contributed by atoms with Crippen LogP contribution in [-0.2, 0) is 13.5 Å². The number of hydrogen-bond donors (Lipinski definition) is 0. The lowest BCUT2D eigenvalue weighted by molar-refractivity contribution is -0.662. The Morgan fingerprint density at radius 2 is 1.85 bits per heavy atom. The van der Waals surface area contributed by atoms with Gasteiger partial charge in [-0.25, -0.2) is 4.57 Å². The molecule has 0 aliphatic carbocycles. The lowest BCUT2D eigenvalue weighted by Crippen LogP contribution is -2.31. The summed E-state index contributed by atoms with van der Waals surface area (Å²) in [6, 6.07) is 11.5. The molecule has 2 nitrogen and oxygen atoms in total. The van der Waals surface area contributed by atoms with Crippen LogP contribution in [0, 0.1) is 26.7 Å². The fourth-order valence-electron chi connectivity index (χ4n) is 3.97. The lowest BCUT2D eigenvalue weighted by atomic mass is 9.97. The SMILES string of the molecule is Cc1cc(C)c(C)c(-c2c3sc4cc(CC(C)C)ccc4c3nc[n+]2C)c1. The van der Waals surface area contributed by atoms with Crippen molar-refractivity contribution in [2.75, 3.05) is 0 Å². The molecule has 4 aromatic rings. The molecule has 0 N–H and O–H groups in total. The number of nitrogens with zero attached hydrogens (tertiary/aromatic N) is 2. The Hall–Kier alpha value is -2.26. The quantitative estimate of drug-likeness (QED) is 0.397. The van der Waals surface area contributed by atoms with Crippen LogP contribution in [0.1, 0.15) is 36.1 Å². The molecule has 0 atom stereocenters. The molecule has 4 rings (SSSR count). The molecule has 2 aromatic heterocycles. The van der Waals surface area contributed by atoms with Crippen molar-refractivity contribution in [3.63, 3.8) is 0 Å². The van der Waals surface area contributed by atoms with E-state index in [-0.39, 0.29) is 0 Å². The summed E-state index contributed by atoms with van der Waals surface area (Å²) in [7, 11) is 2.10. The van der Waals surface area contributed by atoms with Gasteiger partial charge in [0.15, 0.2) is 5.69 Å². The highest BCUT2D eigenvalue weighted by atomic mass is 32.1. The predicted molar refractivity (Wildman–Crippen MR) is 116 cm³/mol. The third-order valence-corrected chi connectivity index (χ3v) is 6.52. The number of rotatable bonds is 3. The predicted octanol–water partition coefficient (Wildman–Crippen LogP) is 6.06. The van der Waals surface area contributed by atoms with Crippen LogP contribution in [0.4, 0.5) is 0 Å². The Bertz CT molecular complexity index is 1170. The van der Waals surface area contributed by atoms with Crippen LogP contribution >= 0.6 is 11.3 Å². The molecule has 0 amide bonds. The second kappa shape index (κ2) is 6.72. The van der Waals surface area contributed by atoms with E-state index < -0.39 is 0 Å². The summed E-state index contributed by atoms with van der Waals surface area (Å²) in [6.07, 6.45) is 3.08. The second-order valence-corrected chi connectivity index (χ2v) is 9.22. The maximum atomic E-state index is 4.79. The van der Waals surface area contributed by atoms with Gasteiger partial charge in [-0.15, -0.1) is 11.3 Å². The molecule has 0 bridgehead atoms. The third kappa shape index (κ3) is 3.14. The lowest BCUT2D eigenvalue weighted by Gasteiger charge is -2.11. The van der Waals surface area contributed by atoms with Crippen LogP contribution < -0.4 is 4.57 Å². The normalized spacial score (nSPS) is 11.8. The van der Waals surface area contributed by atoms with E-state index in [1.54, 1.807) is 0 Å². The number of hydrogen-bond acceptors (Lipinski definition) is 2. The molecule has 0 saturated heterocycles. The first-order valence-electron chi connectivity index (χ1n) is 9.63. The van der Waals surface area contributed by atoms with E-state index in [4.69, 9.17) is 4.98 Å². The Labute approximate surface area is 165 Å². The zero-order chi connectivity index (χ0) is 19.3. The highest BCUT2D eigenvalue weighted by molar-refractivity contribution is 7.26. The minimum absolute atomic E-state index is 0.668. The highest BCUT2D eigenvalue weighted by Crippen LogP contribution is 2.39. The Morgan fingerprint density at radius 3 is 2.59 bits per heavy atom. The van der Waals surface area contributed by atoms with Gasteiger partial charge in [0.25, 0.3) is 6.33 Å². The molecular weight excluding hydrogens is 348 g/mol. The Kier molecular flexibility index (Phi) is 4.51.